The Morgan fingerprint density at radius 1 is 0.979 bits per heavy atom. The molecule has 2 aromatic carbocycles. The predicted molar refractivity (Wildman–Crippen MR) is 183 cm³/mol. The maximum atomic E-state index is 13.8. The molecule has 3 amide bonds. The number of amides is 3. The number of benzene rings is 2. The van der Waals surface area contributed by atoms with Crippen molar-refractivity contribution in [2.45, 2.75) is 52.4 Å². The second-order valence-corrected chi connectivity index (χ2v) is 15.2. The normalized spacial score (nSPS) is 14.2. The minimum Gasteiger partial charge on any atom is -0.390 e. The van der Waals surface area contributed by atoms with Gasteiger partial charge in [-0.2, -0.15) is 0 Å². The molecular formula is C33H43N5O8S2. The lowest BCUT2D eigenvalue weighted by Crippen LogP contribution is -2.55. The Morgan fingerprint density at radius 2 is 1.62 bits per heavy atom. The highest BCUT2D eigenvalue weighted by Crippen LogP contribution is 2.25. The summed E-state index contributed by atoms with van der Waals surface area (Å²) in [5.74, 6) is -4.14. The number of aliphatic hydroxyl groups excluding tert-OH is 2. The number of aromatic nitrogens is 1. The number of ketones is 1. The number of nitrogens with two attached hydrogens (primary N) is 1. The van der Waals surface area contributed by atoms with Crippen LogP contribution in [0.15, 0.2) is 53.9 Å². The quantitative estimate of drug-likeness (QED) is 0.138. The molecule has 0 saturated carbocycles. The molecule has 15 heteroatoms. The second-order valence-electron chi connectivity index (χ2n) is 12.4. The Labute approximate surface area is 284 Å². The molecule has 0 fully saturated rings. The first-order chi connectivity index (χ1) is 22.4. The van der Waals surface area contributed by atoms with Gasteiger partial charge in [0.1, 0.15) is 11.8 Å². The van der Waals surface area contributed by atoms with Crippen molar-refractivity contribution in [1.82, 2.24) is 15.6 Å². The zero-order valence-electron chi connectivity index (χ0n) is 27.7. The van der Waals surface area contributed by atoms with E-state index >= 15 is 0 Å². The van der Waals surface area contributed by atoms with Crippen molar-refractivity contribution >= 4 is 50.0 Å². The topological polar surface area (TPSA) is 209 Å². The third-order valence-electron chi connectivity index (χ3n) is 7.73. The minimum atomic E-state index is -3.63. The van der Waals surface area contributed by atoms with Crippen LogP contribution >= 0.6 is 11.3 Å². The van der Waals surface area contributed by atoms with Gasteiger partial charge in [0.25, 0.3) is 5.91 Å². The number of nitrogens with one attached hydrogen (secondary N) is 2. The Bertz CT molecular complexity index is 1730. The van der Waals surface area contributed by atoms with Crippen molar-refractivity contribution < 1.29 is 37.8 Å². The number of hydrogen-bond acceptors (Lipinski definition) is 10. The van der Waals surface area contributed by atoms with Crippen LogP contribution in [0.4, 0.5) is 5.13 Å². The summed E-state index contributed by atoms with van der Waals surface area (Å²) < 4.78 is 24.8. The maximum Gasteiger partial charge on any atom is 0.252 e. The lowest BCUT2D eigenvalue weighted by atomic mass is 9.83. The highest BCUT2D eigenvalue weighted by Gasteiger charge is 2.39. The van der Waals surface area contributed by atoms with Gasteiger partial charge in [0.05, 0.1) is 35.4 Å². The molecule has 0 aliphatic rings. The number of sulfonamides is 1. The number of anilines is 1. The van der Waals surface area contributed by atoms with Crippen molar-refractivity contribution in [2.24, 2.45) is 23.5 Å². The molecular weight excluding hydrogens is 659 g/mol. The molecule has 0 aliphatic heterocycles. The summed E-state index contributed by atoms with van der Waals surface area (Å²) in [7, 11) is -2.33. The van der Waals surface area contributed by atoms with Gasteiger partial charge >= 0.3 is 0 Å². The molecule has 4 atom stereocenters. The van der Waals surface area contributed by atoms with Gasteiger partial charge < -0.3 is 26.6 Å². The minimum absolute atomic E-state index is 0.0362. The molecule has 0 aliphatic carbocycles. The Kier molecular flexibility index (Phi) is 13.0. The summed E-state index contributed by atoms with van der Waals surface area (Å²) in [6.07, 6.45) is -2.18. The van der Waals surface area contributed by atoms with Gasteiger partial charge in [-0.25, -0.2) is 17.7 Å². The molecule has 0 saturated heterocycles. The molecule has 6 N–H and O–H groups in total. The van der Waals surface area contributed by atoms with Crippen LogP contribution in [-0.2, 0) is 21.2 Å². The van der Waals surface area contributed by atoms with Crippen molar-refractivity contribution in [2.75, 3.05) is 24.2 Å². The molecule has 3 rings (SSSR count). The Hall–Kier alpha value is -4.18. The fourth-order valence-electron chi connectivity index (χ4n) is 4.99. The van der Waals surface area contributed by atoms with E-state index in [2.05, 4.69) is 15.6 Å². The Balaban J connectivity index is 1.98. The lowest BCUT2D eigenvalue weighted by molar-refractivity contribution is -0.135. The van der Waals surface area contributed by atoms with Gasteiger partial charge in [-0.05, 0) is 36.0 Å². The zero-order chi connectivity index (χ0) is 35.9. The summed E-state index contributed by atoms with van der Waals surface area (Å²) in [4.78, 5) is 56.8. The van der Waals surface area contributed by atoms with Crippen molar-refractivity contribution in [3.05, 3.63) is 81.9 Å². The first-order valence-electron chi connectivity index (χ1n) is 15.3. The predicted octanol–water partition coefficient (Wildman–Crippen LogP) is 1.98. The summed E-state index contributed by atoms with van der Waals surface area (Å²) in [6, 6.07) is 11.4. The molecule has 260 valence electrons. The van der Waals surface area contributed by atoms with Crippen molar-refractivity contribution in [1.29, 1.82) is 0 Å². The van der Waals surface area contributed by atoms with Crippen LogP contribution in [0.5, 0.6) is 0 Å². The van der Waals surface area contributed by atoms with Crippen LogP contribution < -0.4 is 20.7 Å². The molecule has 0 spiro atoms. The van der Waals surface area contributed by atoms with Crippen LogP contribution in [0.3, 0.4) is 0 Å². The van der Waals surface area contributed by atoms with Gasteiger partial charge in [0, 0.05) is 24.5 Å². The third kappa shape index (κ3) is 9.69. The first-order valence-corrected chi connectivity index (χ1v) is 18.0. The SMILES string of the molecule is CC(C)CNC(=O)[C@H](C(C)C)[C@@H](O)[C@H](O)[C@H](Cc1ccccc1)NC(=O)c1cc(C(=O)c2csc(N(C)S(C)(=O)=O)n2)ccc1C(N)=O. The average molecular weight is 702 g/mol. The number of thiazole rings is 1. The second kappa shape index (κ2) is 16.3. The van der Waals surface area contributed by atoms with E-state index in [1.54, 1.807) is 44.2 Å². The van der Waals surface area contributed by atoms with E-state index in [4.69, 9.17) is 5.73 Å². The average Bonchev–Trinajstić information content (AvgIpc) is 3.52. The van der Waals surface area contributed by atoms with Crippen LogP contribution in [0.25, 0.3) is 0 Å². The van der Waals surface area contributed by atoms with Crippen LogP contribution in [0, 0.1) is 17.8 Å². The number of carbonyl (C=O) groups is 4. The standard InChI is InChI=1S/C33H43N5O8S2/c1-18(2)16-35-32(44)26(19(3)4)29(41)28(40)24(14-20-10-8-7-9-11-20)36-31(43)23-15-21(12-13-22(23)30(34)42)27(39)25-17-47-33(37-25)38(5)48(6,45)46/h7-13,15,17-19,24,26,28-29,40-41H,14,16H2,1-6H3,(H2,34,42)(H,35,44)(H,36,43)/t24-,26+,28+,29+/m0/s1. The van der Waals surface area contributed by atoms with E-state index in [0.717, 1.165) is 28.0 Å². The van der Waals surface area contributed by atoms with E-state index in [-0.39, 0.29) is 45.8 Å². The summed E-state index contributed by atoms with van der Waals surface area (Å²) in [5.41, 5.74) is 5.68. The van der Waals surface area contributed by atoms with Crippen LogP contribution in [0.2, 0.25) is 0 Å². The van der Waals surface area contributed by atoms with Crippen molar-refractivity contribution in [3.63, 3.8) is 0 Å². The van der Waals surface area contributed by atoms with Gasteiger partial charge in [0.15, 0.2) is 5.13 Å². The highest BCUT2D eigenvalue weighted by molar-refractivity contribution is 7.92. The molecule has 1 heterocycles. The van der Waals surface area contributed by atoms with Gasteiger partial charge in [-0.1, -0.05) is 64.1 Å². The van der Waals surface area contributed by atoms with E-state index in [9.17, 15) is 37.8 Å². The van der Waals surface area contributed by atoms with Crippen molar-refractivity contribution in [3.8, 4) is 0 Å². The molecule has 48 heavy (non-hydrogen) atoms. The zero-order valence-corrected chi connectivity index (χ0v) is 29.3. The van der Waals surface area contributed by atoms with Crippen LogP contribution in [-0.4, -0.2) is 85.2 Å². The molecule has 0 bridgehead atoms. The van der Waals surface area contributed by atoms with Gasteiger partial charge in [-0.15, -0.1) is 11.3 Å². The Morgan fingerprint density at radius 3 is 2.19 bits per heavy atom. The monoisotopic (exact) mass is 701 g/mol. The van der Waals surface area contributed by atoms with Gasteiger partial charge in [-0.3, -0.25) is 19.2 Å². The van der Waals surface area contributed by atoms with E-state index < -0.39 is 57.7 Å². The van der Waals surface area contributed by atoms with Crippen LogP contribution in [0.1, 0.15) is 70.0 Å². The largest absolute Gasteiger partial charge is 0.390 e. The number of aliphatic hydroxyl groups is 2. The number of hydrogen-bond donors (Lipinski definition) is 5. The molecule has 13 nitrogen and oxygen atoms in total. The maximum absolute atomic E-state index is 13.8. The van der Waals surface area contributed by atoms with E-state index in [0.29, 0.717) is 12.1 Å². The molecule has 3 aromatic rings. The first kappa shape index (κ1) is 38.3. The summed E-state index contributed by atoms with van der Waals surface area (Å²) >= 11 is 0.933. The number of rotatable bonds is 16. The number of nitrogens with zero attached hydrogens (tertiary/aromatic N) is 2. The molecule has 0 unspecified atom stereocenters. The summed E-state index contributed by atoms with van der Waals surface area (Å²) in [5, 5.41) is 29.8. The highest BCUT2D eigenvalue weighted by atomic mass is 32.2. The number of primary amides is 1. The fraction of sp³-hybridized carbons (Fsp3) is 0.424. The van der Waals surface area contributed by atoms with Gasteiger partial charge in [0.2, 0.25) is 27.6 Å². The van der Waals surface area contributed by atoms with E-state index in [1.807, 2.05) is 13.8 Å². The molecule has 0 radical (unpaired) electrons. The lowest BCUT2D eigenvalue weighted by Gasteiger charge is -2.34. The summed E-state index contributed by atoms with van der Waals surface area (Å²) in [6.45, 7) is 7.71. The molecule has 1 aromatic heterocycles. The smallest absolute Gasteiger partial charge is 0.252 e. The fourth-order valence-corrected chi connectivity index (χ4v) is 6.52. The third-order valence-corrected chi connectivity index (χ3v) is 9.93. The van der Waals surface area contributed by atoms with E-state index in [1.165, 1.54) is 24.6 Å². The number of carbonyl (C=O) groups excluding carboxylic acids is 4.